The van der Waals surface area contributed by atoms with Crippen molar-refractivity contribution >= 4 is 11.6 Å². The fourth-order valence-corrected chi connectivity index (χ4v) is 2.67. The first-order chi connectivity index (χ1) is 5.37. The molecule has 0 radical (unpaired) electrons. The fourth-order valence-electron chi connectivity index (χ4n) is 2.21. The maximum Gasteiger partial charge on any atom is 0.0285 e. The third-order valence-corrected chi connectivity index (χ3v) is 3.74. The topological polar surface area (TPSA) is 0 Å². The van der Waals surface area contributed by atoms with Crippen LogP contribution < -0.4 is 0 Å². The molecule has 1 heteroatoms. The number of halogens is 1. The van der Waals surface area contributed by atoms with Crippen molar-refractivity contribution in [1.29, 1.82) is 0 Å². The number of hydrogen-bond donors (Lipinski definition) is 0. The van der Waals surface area contributed by atoms with Crippen LogP contribution in [0.4, 0.5) is 0 Å². The number of rotatable bonds is 2. The first-order valence-electron chi connectivity index (χ1n) is 4.58. The molecule has 1 fully saturated rings. The van der Waals surface area contributed by atoms with Crippen molar-refractivity contribution in [1.82, 2.24) is 0 Å². The van der Waals surface area contributed by atoms with Gasteiger partial charge in [-0.15, -0.1) is 11.6 Å². The Bertz CT molecular complexity index is 170. The summed E-state index contributed by atoms with van der Waals surface area (Å²) in [4.78, 5) is 0. The zero-order valence-electron chi connectivity index (χ0n) is 6.85. The first kappa shape index (κ1) is 7.67. The molecule has 0 aromatic carbocycles. The molecule has 0 aliphatic heterocycles. The lowest BCUT2D eigenvalue weighted by molar-refractivity contribution is 0.251. The van der Waals surface area contributed by atoms with E-state index in [9.17, 15) is 0 Å². The third kappa shape index (κ3) is 1.33. The Kier molecular flexibility index (Phi) is 1.97. The van der Waals surface area contributed by atoms with Gasteiger partial charge in [-0.3, -0.25) is 0 Å². The molecule has 0 aromatic heterocycles. The molecule has 2 aliphatic rings. The monoisotopic (exact) mass is 170 g/mol. The highest BCUT2D eigenvalue weighted by Gasteiger charge is 2.43. The average Bonchev–Trinajstić information content (AvgIpc) is 2.88. The molecule has 0 bridgehead atoms. The molecule has 0 nitrogen and oxygen atoms in total. The van der Waals surface area contributed by atoms with Gasteiger partial charge in [-0.05, 0) is 43.4 Å². The zero-order chi connectivity index (χ0) is 7.73. The molecule has 0 aromatic rings. The summed E-state index contributed by atoms with van der Waals surface area (Å²) in [6.45, 7) is 0. The van der Waals surface area contributed by atoms with Crippen LogP contribution in [0, 0.1) is 11.3 Å². The van der Waals surface area contributed by atoms with Crippen LogP contribution in [0.15, 0.2) is 12.2 Å². The molecule has 11 heavy (non-hydrogen) atoms. The highest BCUT2D eigenvalue weighted by molar-refractivity contribution is 6.18. The van der Waals surface area contributed by atoms with Crippen LogP contribution in [0.5, 0.6) is 0 Å². The molecule has 2 aliphatic carbocycles. The van der Waals surface area contributed by atoms with Crippen LogP contribution in [-0.2, 0) is 0 Å². The van der Waals surface area contributed by atoms with Crippen molar-refractivity contribution in [3.8, 4) is 0 Å². The van der Waals surface area contributed by atoms with Gasteiger partial charge >= 0.3 is 0 Å². The Balaban J connectivity index is 2.08. The van der Waals surface area contributed by atoms with Gasteiger partial charge in [0, 0.05) is 5.88 Å². The highest BCUT2D eigenvalue weighted by Crippen LogP contribution is 2.52. The molecule has 1 atom stereocenters. The van der Waals surface area contributed by atoms with E-state index in [0.717, 1.165) is 11.8 Å². The second-order valence-corrected chi connectivity index (χ2v) is 4.25. The summed E-state index contributed by atoms with van der Waals surface area (Å²) < 4.78 is 0. The van der Waals surface area contributed by atoms with Crippen LogP contribution in [0.3, 0.4) is 0 Å². The Labute approximate surface area is 73.6 Å². The van der Waals surface area contributed by atoms with Crippen LogP contribution in [0.2, 0.25) is 0 Å². The van der Waals surface area contributed by atoms with Gasteiger partial charge in [0.2, 0.25) is 0 Å². The van der Waals surface area contributed by atoms with Crippen molar-refractivity contribution in [3.05, 3.63) is 12.2 Å². The second-order valence-electron chi connectivity index (χ2n) is 3.98. The normalized spacial score (nSPS) is 37.5. The summed E-state index contributed by atoms with van der Waals surface area (Å²) in [5, 5.41) is 0. The average molecular weight is 171 g/mol. The van der Waals surface area contributed by atoms with Gasteiger partial charge in [-0.1, -0.05) is 12.2 Å². The summed E-state index contributed by atoms with van der Waals surface area (Å²) in [6.07, 6.45) is 11.3. The summed E-state index contributed by atoms with van der Waals surface area (Å²) in [5.41, 5.74) is 0.510. The van der Waals surface area contributed by atoms with Gasteiger partial charge in [0.05, 0.1) is 0 Å². The molecule has 0 amide bonds. The van der Waals surface area contributed by atoms with Crippen molar-refractivity contribution < 1.29 is 0 Å². The summed E-state index contributed by atoms with van der Waals surface area (Å²) in [5.74, 6) is 1.84. The van der Waals surface area contributed by atoms with Crippen LogP contribution in [0.25, 0.3) is 0 Å². The lowest BCUT2D eigenvalue weighted by atomic mass is 9.75. The van der Waals surface area contributed by atoms with Gasteiger partial charge in [-0.2, -0.15) is 0 Å². The van der Waals surface area contributed by atoms with Crippen LogP contribution in [0.1, 0.15) is 32.1 Å². The molecule has 0 heterocycles. The van der Waals surface area contributed by atoms with Crippen molar-refractivity contribution in [2.45, 2.75) is 32.1 Å². The lowest BCUT2D eigenvalue weighted by Gasteiger charge is -2.33. The van der Waals surface area contributed by atoms with Crippen LogP contribution in [-0.4, -0.2) is 5.88 Å². The van der Waals surface area contributed by atoms with E-state index in [0.29, 0.717) is 5.41 Å². The molecular formula is C10H15Cl. The Morgan fingerprint density at radius 1 is 1.36 bits per heavy atom. The van der Waals surface area contributed by atoms with E-state index < -0.39 is 0 Å². The molecule has 0 saturated heterocycles. The van der Waals surface area contributed by atoms with E-state index in [1.807, 2.05) is 0 Å². The van der Waals surface area contributed by atoms with Crippen molar-refractivity contribution in [2.75, 3.05) is 5.88 Å². The molecular weight excluding hydrogens is 156 g/mol. The Hall–Kier alpha value is 0.0300. The number of hydrogen-bond acceptors (Lipinski definition) is 0. The number of alkyl halides is 1. The summed E-state index contributed by atoms with van der Waals surface area (Å²) in [6, 6.07) is 0. The summed E-state index contributed by atoms with van der Waals surface area (Å²) >= 11 is 6.04. The number of allylic oxidation sites excluding steroid dienone is 2. The molecule has 0 N–H and O–H groups in total. The maximum atomic E-state index is 6.04. The van der Waals surface area contributed by atoms with E-state index >= 15 is 0 Å². The minimum Gasteiger partial charge on any atom is -0.126 e. The van der Waals surface area contributed by atoms with Crippen molar-refractivity contribution in [3.63, 3.8) is 0 Å². The van der Waals surface area contributed by atoms with Gasteiger partial charge in [-0.25, -0.2) is 0 Å². The first-order valence-corrected chi connectivity index (χ1v) is 5.12. The van der Waals surface area contributed by atoms with Gasteiger partial charge in [0.1, 0.15) is 0 Å². The molecule has 2 rings (SSSR count). The van der Waals surface area contributed by atoms with E-state index in [-0.39, 0.29) is 0 Å². The van der Waals surface area contributed by atoms with Crippen molar-refractivity contribution in [2.24, 2.45) is 11.3 Å². The fraction of sp³-hybridized carbons (Fsp3) is 0.800. The second kappa shape index (κ2) is 2.82. The predicted molar refractivity (Wildman–Crippen MR) is 48.9 cm³/mol. The highest BCUT2D eigenvalue weighted by atomic mass is 35.5. The van der Waals surface area contributed by atoms with Gasteiger partial charge in [0.15, 0.2) is 0 Å². The van der Waals surface area contributed by atoms with E-state index in [4.69, 9.17) is 11.6 Å². The summed E-state index contributed by atoms with van der Waals surface area (Å²) in [7, 11) is 0. The van der Waals surface area contributed by atoms with Gasteiger partial charge in [0.25, 0.3) is 0 Å². The third-order valence-electron chi connectivity index (χ3n) is 3.21. The molecule has 62 valence electrons. The largest absolute Gasteiger partial charge is 0.126 e. The standard InChI is InChI=1S/C10H15Cl/c11-8-10(9-4-5-9)6-2-1-3-7-10/h1-2,9H,3-8H2. The Morgan fingerprint density at radius 2 is 2.18 bits per heavy atom. The SMILES string of the molecule is ClCC1(C2CC2)CC=CCC1. The zero-order valence-corrected chi connectivity index (χ0v) is 7.61. The van der Waals surface area contributed by atoms with E-state index in [1.54, 1.807) is 0 Å². The smallest absolute Gasteiger partial charge is 0.0285 e. The van der Waals surface area contributed by atoms with Gasteiger partial charge < -0.3 is 0 Å². The molecule has 0 spiro atoms. The predicted octanol–water partition coefficient (Wildman–Crippen LogP) is 3.36. The minimum atomic E-state index is 0.510. The lowest BCUT2D eigenvalue weighted by Crippen LogP contribution is -2.26. The maximum absolute atomic E-state index is 6.04. The van der Waals surface area contributed by atoms with E-state index in [2.05, 4.69) is 12.2 Å². The quantitative estimate of drug-likeness (QED) is 0.441. The Morgan fingerprint density at radius 3 is 2.64 bits per heavy atom. The van der Waals surface area contributed by atoms with E-state index in [1.165, 1.54) is 32.1 Å². The molecule has 1 unspecified atom stereocenters. The van der Waals surface area contributed by atoms with Crippen LogP contribution >= 0.6 is 11.6 Å². The minimum absolute atomic E-state index is 0.510. The molecule has 1 saturated carbocycles.